The van der Waals surface area contributed by atoms with Gasteiger partial charge < -0.3 is 13.7 Å². The van der Waals surface area contributed by atoms with Crippen molar-refractivity contribution in [2.45, 2.75) is 0 Å². The van der Waals surface area contributed by atoms with Gasteiger partial charge in [-0.1, -0.05) is 176 Å². The quantitative estimate of drug-likeness (QED) is 0.152. The van der Waals surface area contributed by atoms with Crippen LogP contribution < -0.4 is 0 Å². The summed E-state index contributed by atoms with van der Waals surface area (Å²) in [6.45, 7) is 0. The Morgan fingerprint density at radius 2 is 0.662 bits per heavy atom. The Kier molecular flexibility index (Phi) is 10.2. The number of nitrogens with zero attached hydrogens (tertiary/aromatic N) is 6. The summed E-state index contributed by atoms with van der Waals surface area (Å²) >= 11 is 0. The molecule has 15 aromatic rings. The van der Waals surface area contributed by atoms with Crippen molar-refractivity contribution in [1.29, 1.82) is 5.26 Å². The lowest BCUT2D eigenvalue weighted by molar-refractivity contribution is 1.16. The monoisotopic (exact) mass is 980 g/mol. The van der Waals surface area contributed by atoms with Gasteiger partial charge in [-0.25, -0.2) is 9.97 Å². The first-order chi connectivity index (χ1) is 38.1. The third-order valence-electron chi connectivity index (χ3n) is 15.2. The maximum absolute atomic E-state index is 10.3. The zero-order chi connectivity index (χ0) is 51.0. The molecule has 0 spiro atoms. The molecule has 0 saturated carbocycles. The number of hydrogen-bond donors (Lipinski definition) is 0. The Labute approximate surface area is 443 Å². The maximum Gasteiger partial charge on any atom is 0.160 e. The minimum atomic E-state index is 0.609. The van der Waals surface area contributed by atoms with Crippen LogP contribution in [0, 0.1) is 11.3 Å². The second-order valence-electron chi connectivity index (χ2n) is 19.7. The molecule has 4 heterocycles. The van der Waals surface area contributed by atoms with Gasteiger partial charge in [0.25, 0.3) is 0 Å². The second-order valence-corrected chi connectivity index (χ2v) is 19.7. The predicted molar refractivity (Wildman–Crippen MR) is 317 cm³/mol. The summed E-state index contributed by atoms with van der Waals surface area (Å²) in [5.74, 6) is 0.609. The van der Waals surface area contributed by atoms with Crippen LogP contribution in [-0.2, 0) is 0 Å². The number of para-hydroxylation sites is 5. The first-order valence-corrected chi connectivity index (χ1v) is 26.0. The zero-order valence-corrected chi connectivity index (χ0v) is 41.6. The predicted octanol–water partition coefficient (Wildman–Crippen LogP) is 18.0. The number of benzene rings is 11. The van der Waals surface area contributed by atoms with Crippen LogP contribution in [0.15, 0.2) is 267 Å². The standard InChI is InChI=1S/C71H44N6/c72-45-46-37-38-69-61(39-46)58-31-11-16-36-68(58)77(69)70-59(49-23-17-25-52(40-49)75-64-32-12-7-27-54(64)55-28-8-13-33-65(55)75)42-51(71-73-62(47-19-3-1-4-20-47)44-63(74-71)48-21-5-2-6-22-48)43-60(70)50-24-18-26-53(41-50)76-66-34-14-9-29-56(66)57-30-10-15-35-67(57)76/h1-44H. The Morgan fingerprint density at radius 1 is 0.286 bits per heavy atom. The molecule has 358 valence electrons. The van der Waals surface area contributed by atoms with Crippen LogP contribution in [0.3, 0.4) is 0 Å². The van der Waals surface area contributed by atoms with E-state index in [1.807, 2.05) is 24.3 Å². The van der Waals surface area contributed by atoms with Gasteiger partial charge >= 0.3 is 0 Å². The minimum Gasteiger partial charge on any atom is -0.309 e. The third-order valence-corrected chi connectivity index (χ3v) is 15.2. The molecule has 0 fully saturated rings. The lowest BCUT2D eigenvalue weighted by Crippen LogP contribution is -2.04. The lowest BCUT2D eigenvalue weighted by Gasteiger charge is -2.22. The van der Waals surface area contributed by atoms with Gasteiger partial charge in [0.05, 0.1) is 61.8 Å². The van der Waals surface area contributed by atoms with Crippen LogP contribution in [0.5, 0.6) is 0 Å². The highest BCUT2D eigenvalue weighted by atomic mass is 15.0. The second kappa shape index (κ2) is 17.8. The van der Waals surface area contributed by atoms with E-state index in [-0.39, 0.29) is 0 Å². The van der Waals surface area contributed by atoms with Gasteiger partial charge in [-0.15, -0.1) is 0 Å². The molecule has 6 nitrogen and oxygen atoms in total. The summed E-state index contributed by atoms with van der Waals surface area (Å²) in [6.07, 6.45) is 0. The Morgan fingerprint density at radius 3 is 1.10 bits per heavy atom. The van der Waals surface area contributed by atoms with E-state index in [0.717, 1.165) is 111 Å². The van der Waals surface area contributed by atoms with Crippen molar-refractivity contribution < 1.29 is 0 Å². The minimum absolute atomic E-state index is 0.609. The Balaban J connectivity index is 1.08. The number of fused-ring (bicyclic) bond motifs is 9. The van der Waals surface area contributed by atoms with E-state index in [2.05, 4.69) is 262 Å². The van der Waals surface area contributed by atoms with E-state index in [9.17, 15) is 5.26 Å². The van der Waals surface area contributed by atoms with E-state index in [4.69, 9.17) is 9.97 Å². The average Bonchev–Trinajstić information content (AvgIpc) is 4.17. The van der Waals surface area contributed by atoms with E-state index < -0.39 is 0 Å². The lowest BCUT2D eigenvalue weighted by atomic mass is 9.91. The molecule has 77 heavy (non-hydrogen) atoms. The highest BCUT2D eigenvalue weighted by Crippen LogP contribution is 2.46. The highest BCUT2D eigenvalue weighted by molar-refractivity contribution is 6.13. The van der Waals surface area contributed by atoms with Crippen molar-refractivity contribution in [3.63, 3.8) is 0 Å². The Hall–Kier alpha value is -10.6. The molecule has 0 aliphatic heterocycles. The topological polar surface area (TPSA) is 64.4 Å². The molecule has 11 aromatic carbocycles. The largest absolute Gasteiger partial charge is 0.309 e. The summed E-state index contributed by atoms with van der Waals surface area (Å²) < 4.78 is 7.18. The van der Waals surface area contributed by atoms with Gasteiger partial charge in [-0.2, -0.15) is 5.26 Å². The van der Waals surface area contributed by atoms with Crippen molar-refractivity contribution in [2.75, 3.05) is 0 Å². The highest BCUT2D eigenvalue weighted by Gasteiger charge is 2.25. The van der Waals surface area contributed by atoms with Crippen molar-refractivity contribution in [1.82, 2.24) is 23.7 Å². The molecule has 0 unspecified atom stereocenters. The fourth-order valence-electron chi connectivity index (χ4n) is 11.8. The maximum atomic E-state index is 10.3. The van der Waals surface area contributed by atoms with Crippen molar-refractivity contribution in [3.8, 4) is 79.3 Å². The average molecular weight is 981 g/mol. The first-order valence-electron chi connectivity index (χ1n) is 26.0. The molecule has 0 radical (unpaired) electrons. The van der Waals surface area contributed by atoms with Gasteiger partial charge in [-0.3, -0.25) is 0 Å². The van der Waals surface area contributed by atoms with E-state index in [1.54, 1.807) is 0 Å². The Bertz CT molecular complexity index is 4540. The molecule has 4 aromatic heterocycles. The van der Waals surface area contributed by atoms with Gasteiger partial charge in [0.15, 0.2) is 5.82 Å². The van der Waals surface area contributed by atoms with Gasteiger partial charge in [0, 0.05) is 71.5 Å². The van der Waals surface area contributed by atoms with Crippen LogP contribution in [0.4, 0.5) is 0 Å². The fourth-order valence-corrected chi connectivity index (χ4v) is 11.8. The van der Waals surface area contributed by atoms with Gasteiger partial charge in [0.2, 0.25) is 0 Å². The van der Waals surface area contributed by atoms with E-state index >= 15 is 0 Å². The summed E-state index contributed by atoms with van der Waals surface area (Å²) in [6, 6.07) is 97.1. The van der Waals surface area contributed by atoms with E-state index in [0.29, 0.717) is 11.4 Å². The molecule has 0 bridgehead atoms. The zero-order valence-electron chi connectivity index (χ0n) is 41.6. The smallest absolute Gasteiger partial charge is 0.160 e. The van der Waals surface area contributed by atoms with Crippen molar-refractivity contribution in [3.05, 3.63) is 272 Å². The normalized spacial score (nSPS) is 11.6. The van der Waals surface area contributed by atoms with Gasteiger partial charge in [-0.05, 0) is 102 Å². The molecule has 0 amide bonds. The molecule has 0 atom stereocenters. The molecule has 0 N–H and O–H groups in total. The first kappa shape index (κ1) is 43.9. The summed E-state index contributed by atoms with van der Waals surface area (Å²) in [5.41, 5.74) is 18.8. The van der Waals surface area contributed by atoms with Crippen LogP contribution >= 0.6 is 0 Å². The summed E-state index contributed by atoms with van der Waals surface area (Å²) in [5, 5.41) is 17.2. The molecule has 0 aliphatic carbocycles. The van der Waals surface area contributed by atoms with Crippen molar-refractivity contribution >= 4 is 65.4 Å². The van der Waals surface area contributed by atoms with Crippen LogP contribution in [0.2, 0.25) is 0 Å². The van der Waals surface area contributed by atoms with Crippen molar-refractivity contribution in [2.24, 2.45) is 0 Å². The number of nitriles is 1. The van der Waals surface area contributed by atoms with Crippen LogP contribution in [-0.4, -0.2) is 23.7 Å². The summed E-state index contributed by atoms with van der Waals surface area (Å²) in [4.78, 5) is 11.0. The number of rotatable bonds is 8. The molecule has 0 saturated heterocycles. The third kappa shape index (κ3) is 7.17. The van der Waals surface area contributed by atoms with Crippen LogP contribution in [0.25, 0.3) is 139 Å². The fraction of sp³-hybridized carbons (Fsp3) is 0. The number of aromatic nitrogens is 5. The van der Waals surface area contributed by atoms with E-state index in [1.165, 1.54) is 21.5 Å². The SMILES string of the molecule is N#Cc1ccc2c(c1)c1ccccc1n2-c1c(-c2cccc(-n3c4ccccc4c4ccccc43)c2)cc(-c2nc(-c3ccccc3)cc(-c3ccccc3)n2)cc1-c1cccc(-n2c3ccccc3c3ccccc32)c1. The molecule has 0 aliphatic rings. The molecule has 15 rings (SSSR count). The molecular weight excluding hydrogens is 937 g/mol. The summed E-state index contributed by atoms with van der Waals surface area (Å²) in [7, 11) is 0. The molecular formula is C71H44N6. The molecule has 6 heteroatoms. The van der Waals surface area contributed by atoms with Gasteiger partial charge in [0.1, 0.15) is 0 Å². The number of hydrogen-bond acceptors (Lipinski definition) is 3. The van der Waals surface area contributed by atoms with Crippen LogP contribution in [0.1, 0.15) is 5.56 Å².